The van der Waals surface area contributed by atoms with E-state index in [1.165, 1.54) is 28.1 Å². The number of thiophene rings is 1. The summed E-state index contributed by atoms with van der Waals surface area (Å²) in [5.74, 6) is 1.05. The molecule has 100 valence electrons. The van der Waals surface area contributed by atoms with E-state index in [-0.39, 0.29) is 0 Å². The summed E-state index contributed by atoms with van der Waals surface area (Å²) in [6, 6.07) is 6.51. The smallest absolute Gasteiger partial charge is 0.133 e. The van der Waals surface area contributed by atoms with Gasteiger partial charge in [-0.3, -0.25) is 0 Å². The minimum atomic E-state index is 0.560. The summed E-state index contributed by atoms with van der Waals surface area (Å²) in [5, 5.41) is 2.11. The molecule has 0 amide bonds. The summed E-state index contributed by atoms with van der Waals surface area (Å²) in [6.07, 6.45) is 3.49. The lowest BCUT2D eigenvalue weighted by molar-refractivity contribution is 0.867. The van der Waals surface area contributed by atoms with Crippen molar-refractivity contribution in [2.45, 2.75) is 32.4 Å². The highest BCUT2D eigenvalue weighted by molar-refractivity contribution is 7.09. The number of aromatic nitrogens is 1. The zero-order valence-corrected chi connectivity index (χ0v) is 12.0. The van der Waals surface area contributed by atoms with Crippen LogP contribution in [-0.4, -0.2) is 12.0 Å². The number of nitrogens with zero attached hydrogens (tertiary/aromatic N) is 2. The quantitative estimate of drug-likeness (QED) is 0.931. The molecule has 0 unspecified atom stereocenters. The van der Waals surface area contributed by atoms with Gasteiger partial charge in [-0.05, 0) is 42.3 Å². The maximum atomic E-state index is 5.89. The normalized spacial score (nSPS) is 13.6. The van der Waals surface area contributed by atoms with Crippen molar-refractivity contribution in [3.63, 3.8) is 0 Å². The van der Waals surface area contributed by atoms with E-state index in [1.807, 2.05) is 0 Å². The Morgan fingerprint density at radius 2 is 2.32 bits per heavy atom. The molecular weight excluding hydrogens is 254 g/mol. The Balaban J connectivity index is 1.90. The second kappa shape index (κ2) is 5.31. The molecule has 2 aromatic heterocycles. The SMILES string of the molecule is CN(Cc1cccs1)c1nc2c(cc1CN)CCC2. The first-order valence-electron chi connectivity index (χ1n) is 6.73. The van der Waals surface area contributed by atoms with Crippen LogP contribution >= 0.6 is 11.3 Å². The van der Waals surface area contributed by atoms with Crippen molar-refractivity contribution in [1.29, 1.82) is 0 Å². The Labute approximate surface area is 118 Å². The van der Waals surface area contributed by atoms with Crippen LogP contribution in [0.5, 0.6) is 0 Å². The second-order valence-corrected chi connectivity index (χ2v) is 6.10. The van der Waals surface area contributed by atoms with Crippen molar-refractivity contribution in [3.8, 4) is 0 Å². The summed E-state index contributed by atoms with van der Waals surface area (Å²) in [4.78, 5) is 8.42. The number of pyridine rings is 1. The van der Waals surface area contributed by atoms with Crippen molar-refractivity contribution in [2.75, 3.05) is 11.9 Å². The molecule has 0 fully saturated rings. The lowest BCUT2D eigenvalue weighted by Gasteiger charge is -2.21. The molecule has 0 aromatic carbocycles. The Morgan fingerprint density at radius 1 is 1.42 bits per heavy atom. The van der Waals surface area contributed by atoms with E-state index in [0.717, 1.165) is 25.2 Å². The molecular formula is C15H19N3S. The molecule has 1 aliphatic carbocycles. The molecule has 19 heavy (non-hydrogen) atoms. The van der Waals surface area contributed by atoms with Crippen molar-refractivity contribution in [1.82, 2.24) is 4.98 Å². The van der Waals surface area contributed by atoms with E-state index in [4.69, 9.17) is 10.7 Å². The zero-order chi connectivity index (χ0) is 13.2. The molecule has 0 saturated heterocycles. The maximum Gasteiger partial charge on any atom is 0.133 e. The third-order valence-electron chi connectivity index (χ3n) is 3.66. The van der Waals surface area contributed by atoms with Gasteiger partial charge in [-0.2, -0.15) is 0 Å². The number of anilines is 1. The van der Waals surface area contributed by atoms with E-state index < -0.39 is 0 Å². The molecule has 0 spiro atoms. The van der Waals surface area contributed by atoms with Crippen molar-refractivity contribution >= 4 is 17.2 Å². The molecule has 1 aliphatic rings. The molecule has 0 bridgehead atoms. The summed E-state index contributed by atoms with van der Waals surface area (Å²) in [6.45, 7) is 1.46. The van der Waals surface area contributed by atoms with Crippen LogP contribution in [0, 0.1) is 0 Å². The van der Waals surface area contributed by atoms with E-state index >= 15 is 0 Å². The summed E-state index contributed by atoms with van der Waals surface area (Å²) in [5.41, 5.74) is 9.72. The van der Waals surface area contributed by atoms with Crippen LogP contribution in [0.15, 0.2) is 23.6 Å². The minimum absolute atomic E-state index is 0.560. The van der Waals surface area contributed by atoms with Crippen LogP contribution in [-0.2, 0) is 25.9 Å². The first-order chi connectivity index (χ1) is 9.28. The van der Waals surface area contributed by atoms with Crippen LogP contribution in [0.1, 0.15) is 28.1 Å². The van der Waals surface area contributed by atoms with Crippen LogP contribution in [0.25, 0.3) is 0 Å². The predicted octanol–water partition coefficient (Wildman–Crippen LogP) is 2.73. The van der Waals surface area contributed by atoms with Gasteiger partial charge in [-0.15, -0.1) is 11.3 Å². The highest BCUT2D eigenvalue weighted by Crippen LogP contribution is 2.27. The van der Waals surface area contributed by atoms with E-state index in [1.54, 1.807) is 11.3 Å². The fourth-order valence-electron chi connectivity index (χ4n) is 2.70. The van der Waals surface area contributed by atoms with Gasteiger partial charge in [0.25, 0.3) is 0 Å². The molecule has 2 aromatic rings. The van der Waals surface area contributed by atoms with Gasteiger partial charge in [0.2, 0.25) is 0 Å². The third kappa shape index (κ3) is 2.51. The Morgan fingerprint density at radius 3 is 3.05 bits per heavy atom. The monoisotopic (exact) mass is 273 g/mol. The topological polar surface area (TPSA) is 42.2 Å². The summed E-state index contributed by atoms with van der Waals surface area (Å²) in [7, 11) is 2.10. The predicted molar refractivity (Wildman–Crippen MR) is 80.6 cm³/mol. The molecule has 4 heteroatoms. The van der Waals surface area contributed by atoms with Crippen molar-refractivity contribution in [3.05, 3.63) is 45.3 Å². The lowest BCUT2D eigenvalue weighted by Crippen LogP contribution is -2.20. The van der Waals surface area contributed by atoms with Crippen LogP contribution < -0.4 is 10.6 Å². The van der Waals surface area contributed by atoms with Gasteiger partial charge >= 0.3 is 0 Å². The van der Waals surface area contributed by atoms with Crippen molar-refractivity contribution < 1.29 is 0 Å². The van der Waals surface area contributed by atoms with Gasteiger partial charge in [-0.1, -0.05) is 6.07 Å². The van der Waals surface area contributed by atoms with Gasteiger partial charge in [0.05, 0.1) is 6.54 Å². The van der Waals surface area contributed by atoms with Gasteiger partial charge in [0.1, 0.15) is 5.82 Å². The van der Waals surface area contributed by atoms with E-state index in [9.17, 15) is 0 Å². The Bertz CT molecular complexity index is 563. The first-order valence-corrected chi connectivity index (χ1v) is 7.61. The Hall–Kier alpha value is -1.39. The minimum Gasteiger partial charge on any atom is -0.354 e. The molecule has 0 atom stereocenters. The van der Waals surface area contributed by atoms with E-state index in [2.05, 4.69) is 35.5 Å². The van der Waals surface area contributed by atoms with Crippen molar-refractivity contribution in [2.24, 2.45) is 5.73 Å². The summed E-state index contributed by atoms with van der Waals surface area (Å²) >= 11 is 1.78. The van der Waals surface area contributed by atoms with E-state index in [0.29, 0.717) is 6.54 Å². The molecule has 0 saturated carbocycles. The van der Waals surface area contributed by atoms with Gasteiger partial charge < -0.3 is 10.6 Å². The number of aryl methyl sites for hydroxylation is 2. The van der Waals surface area contributed by atoms with Gasteiger partial charge in [0.15, 0.2) is 0 Å². The Kier molecular flexibility index (Phi) is 3.53. The van der Waals surface area contributed by atoms with Crippen LogP contribution in [0.4, 0.5) is 5.82 Å². The average molecular weight is 273 g/mol. The van der Waals surface area contributed by atoms with Crippen LogP contribution in [0.3, 0.4) is 0 Å². The van der Waals surface area contributed by atoms with Gasteiger partial charge in [-0.25, -0.2) is 4.98 Å². The lowest BCUT2D eigenvalue weighted by atomic mass is 10.1. The highest BCUT2D eigenvalue weighted by Gasteiger charge is 2.18. The fraction of sp³-hybridized carbons (Fsp3) is 0.400. The van der Waals surface area contributed by atoms with Gasteiger partial charge in [0, 0.05) is 29.7 Å². The first kappa shape index (κ1) is 12.6. The number of rotatable bonds is 4. The average Bonchev–Trinajstić information content (AvgIpc) is 3.07. The maximum absolute atomic E-state index is 5.89. The molecule has 3 rings (SSSR count). The second-order valence-electron chi connectivity index (χ2n) is 5.07. The molecule has 3 nitrogen and oxygen atoms in total. The number of hydrogen-bond acceptors (Lipinski definition) is 4. The fourth-order valence-corrected chi connectivity index (χ4v) is 3.46. The highest BCUT2D eigenvalue weighted by atomic mass is 32.1. The molecule has 2 N–H and O–H groups in total. The largest absolute Gasteiger partial charge is 0.354 e. The number of fused-ring (bicyclic) bond motifs is 1. The standard InChI is InChI=1S/C15H19N3S/c1-18(10-13-5-3-7-19-13)15-12(9-16)8-11-4-2-6-14(11)17-15/h3,5,7-8H,2,4,6,9-10,16H2,1H3. The molecule has 0 aliphatic heterocycles. The number of hydrogen-bond donors (Lipinski definition) is 1. The molecule has 2 heterocycles. The van der Waals surface area contributed by atoms with Crippen LogP contribution in [0.2, 0.25) is 0 Å². The third-order valence-corrected chi connectivity index (χ3v) is 4.52. The molecule has 0 radical (unpaired) electrons. The zero-order valence-electron chi connectivity index (χ0n) is 11.2. The number of nitrogens with two attached hydrogens (primary N) is 1. The summed E-state index contributed by atoms with van der Waals surface area (Å²) < 4.78 is 0.